The summed E-state index contributed by atoms with van der Waals surface area (Å²) in [6.07, 6.45) is 2.50. The van der Waals surface area contributed by atoms with E-state index in [-0.39, 0.29) is 5.91 Å². The largest absolute Gasteiger partial charge is 0.493 e. The molecule has 0 saturated carbocycles. The third-order valence-electron chi connectivity index (χ3n) is 4.97. The third kappa shape index (κ3) is 4.78. The van der Waals surface area contributed by atoms with Gasteiger partial charge in [-0.1, -0.05) is 0 Å². The topological polar surface area (TPSA) is 63.7 Å². The van der Waals surface area contributed by atoms with Crippen LogP contribution in [0.2, 0.25) is 0 Å². The molecule has 1 N–H and O–H groups in total. The number of benzene rings is 1. The lowest BCUT2D eigenvalue weighted by molar-refractivity contribution is -0.131. The van der Waals surface area contributed by atoms with Crippen LogP contribution in [-0.2, 0) is 11.2 Å². The standard InChI is InChI=1S/C20H27N3O3S/c1-21-12-14-6-8-23(9-7-14)19(24)11-16-13-27-20(22-16)15-4-5-17(25-2)18(10-15)26-3/h4-5,10,13-14,21H,6-9,11-12H2,1-3H3. The van der Waals surface area contributed by atoms with Crippen LogP contribution in [0, 0.1) is 5.92 Å². The SMILES string of the molecule is CNCC1CCN(C(=O)Cc2csc(-c3ccc(OC)c(OC)c3)n2)CC1. The molecule has 1 saturated heterocycles. The Hall–Kier alpha value is -2.12. The fourth-order valence-electron chi connectivity index (χ4n) is 3.43. The second kappa shape index (κ2) is 9.19. The van der Waals surface area contributed by atoms with Crippen molar-refractivity contribution in [2.75, 3.05) is 40.9 Å². The van der Waals surface area contributed by atoms with E-state index in [9.17, 15) is 4.79 Å². The first-order valence-electron chi connectivity index (χ1n) is 9.23. The quantitative estimate of drug-likeness (QED) is 0.789. The Morgan fingerprint density at radius 1 is 1.26 bits per heavy atom. The van der Waals surface area contributed by atoms with E-state index in [1.807, 2.05) is 35.5 Å². The molecule has 1 aromatic carbocycles. The lowest BCUT2D eigenvalue weighted by atomic mass is 9.96. The smallest absolute Gasteiger partial charge is 0.228 e. The summed E-state index contributed by atoms with van der Waals surface area (Å²) in [5, 5.41) is 6.08. The zero-order valence-electron chi connectivity index (χ0n) is 16.2. The summed E-state index contributed by atoms with van der Waals surface area (Å²) < 4.78 is 10.6. The summed E-state index contributed by atoms with van der Waals surface area (Å²) in [7, 11) is 5.22. The van der Waals surface area contributed by atoms with E-state index < -0.39 is 0 Å². The normalized spacial score (nSPS) is 15.0. The minimum atomic E-state index is 0.169. The van der Waals surface area contributed by atoms with E-state index >= 15 is 0 Å². The molecule has 1 fully saturated rings. The molecule has 1 aliphatic heterocycles. The van der Waals surface area contributed by atoms with Crippen molar-refractivity contribution in [3.63, 3.8) is 0 Å². The Bertz CT molecular complexity index is 770. The minimum absolute atomic E-state index is 0.169. The predicted molar refractivity (Wildman–Crippen MR) is 108 cm³/mol. The van der Waals surface area contributed by atoms with Gasteiger partial charge in [0.15, 0.2) is 11.5 Å². The Morgan fingerprint density at radius 3 is 2.67 bits per heavy atom. The van der Waals surface area contributed by atoms with E-state index in [1.54, 1.807) is 25.6 Å². The first kappa shape index (κ1) is 19.6. The van der Waals surface area contributed by atoms with Crippen LogP contribution in [0.25, 0.3) is 10.6 Å². The summed E-state index contributed by atoms with van der Waals surface area (Å²) in [6, 6.07) is 5.74. The van der Waals surface area contributed by atoms with Crippen LogP contribution in [0.15, 0.2) is 23.6 Å². The van der Waals surface area contributed by atoms with Crippen LogP contribution in [0.3, 0.4) is 0 Å². The van der Waals surface area contributed by atoms with Crippen molar-refractivity contribution in [2.45, 2.75) is 19.3 Å². The summed E-state index contributed by atoms with van der Waals surface area (Å²) in [5.41, 5.74) is 1.79. The van der Waals surface area contributed by atoms with E-state index in [2.05, 4.69) is 10.3 Å². The molecule has 0 unspecified atom stereocenters. The van der Waals surface area contributed by atoms with Crippen molar-refractivity contribution < 1.29 is 14.3 Å². The maximum absolute atomic E-state index is 12.6. The van der Waals surface area contributed by atoms with Gasteiger partial charge >= 0.3 is 0 Å². The van der Waals surface area contributed by atoms with Crippen molar-refractivity contribution in [1.29, 1.82) is 0 Å². The molecule has 2 aromatic rings. The average molecular weight is 390 g/mol. The fourth-order valence-corrected chi connectivity index (χ4v) is 4.25. The van der Waals surface area contributed by atoms with E-state index in [0.717, 1.165) is 48.7 Å². The maximum atomic E-state index is 12.6. The van der Waals surface area contributed by atoms with E-state index in [4.69, 9.17) is 9.47 Å². The van der Waals surface area contributed by atoms with Gasteiger partial charge in [0.05, 0.1) is 26.3 Å². The first-order chi connectivity index (χ1) is 13.1. The Morgan fingerprint density at radius 2 is 2.00 bits per heavy atom. The number of methoxy groups -OCH3 is 2. The lowest BCUT2D eigenvalue weighted by Gasteiger charge is -2.31. The number of thiazole rings is 1. The third-order valence-corrected chi connectivity index (χ3v) is 5.91. The summed E-state index contributed by atoms with van der Waals surface area (Å²) in [4.78, 5) is 19.2. The number of carbonyl (C=O) groups excluding carboxylic acids is 1. The molecule has 0 atom stereocenters. The number of hydrogen-bond donors (Lipinski definition) is 1. The molecule has 6 nitrogen and oxygen atoms in total. The van der Waals surface area contributed by atoms with Gasteiger partial charge in [-0.25, -0.2) is 4.98 Å². The highest BCUT2D eigenvalue weighted by molar-refractivity contribution is 7.13. The summed E-state index contributed by atoms with van der Waals surface area (Å²) >= 11 is 1.54. The number of aromatic nitrogens is 1. The Labute approximate surface area is 164 Å². The van der Waals surface area contributed by atoms with Crippen molar-refractivity contribution >= 4 is 17.2 Å². The predicted octanol–water partition coefficient (Wildman–Crippen LogP) is 2.83. The second-order valence-electron chi connectivity index (χ2n) is 6.77. The van der Waals surface area contributed by atoms with Crippen molar-refractivity contribution in [3.05, 3.63) is 29.3 Å². The number of likely N-dealkylation sites (tertiary alicyclic amines) is 1. The zero-order chi connectivity index (χ0) is 19.2. The number of amides is 1. The molecular weight excluding hydrogens is 362 g/mol. The van der Waals surface area contributed by atoms with Gasteiger partial charge in [-0.15, -0.1) is 11.3 Å². The van der Waals surface area contributed by atoms with Crippen LogP contribution in [-0.4, -0.2) is 56.7 Å². The van der Waals surface area contributed by atoms with Crippen LogP contribution in [0.4, 0.5) is 0 Å². The first-order valence-corrected chi connectivity index (χ1v) is 10.1. The van der Waals surface area contributed by atoms with Gasteiger partial charge in [-0.2, -0.15) is 0 Å². The maximum Gasteiger partial charge on any atom is 0.228 e. The number of nitrogens with one attached hydrogen (secondary N) is 1. The highest BCUT2D eigenvalue weighted by Gasteiger charge is 2.23. The number of ether oxygens (including phenoxy) is 2. The van der Waals surface area contributed by atoms with Crippen molar-refractivity contribution in [3.8, 4) is 22.1 Å². The minimum Gasteiger partial charge on any atom is -0.493 e. The number of hydrogen-bond acceptors (Lipinski definition) is 6. The number of nitrogens with zero attached hydrogens (tertiary/aromatic N) is 2. The van der Waals surface area contributed by atoms with Crippen LogP contribution in [0.5, 0.6) is 11.5 Å². The monoisotopic (exact) mass is 389 g/mol. The molecule has 2 heterocycles. The van der Waals surface area contributed by atoms with Gasteiger partial charge in [-0.3, -0.25) is 4.79 Å². The Kier molecular flexibility index (Phi) is 6.68. The molecule has 146 valence electrons. The Balaban J connectivity index is 1.62. The van der Waals surface area contributed by atoms with Gasteiger partial charge < -0.3 is 19.7 Å². The summed E-state index contributed by atoms with van der Waals surface area (Å²) in [6.45, 7) is 2.72. The number of carbonyl (C=O) groups is 1. The number of rotatable bonds is 7. The molecule has 0 bridgehead atoms. The van der Waals surface area contributed by atoms with Crippen LogP contribution < -0.4 is 14.8 Å². The summed E-state index contributed by atoms with van der Waals surface area (Å²) in [5.74, 6) is 2.21. The average Bonchev–Trinajstić information content (AvgIpc) is 3.16. The van der Waals surface area contributed by atoms with Crippen molar-refractivity contribution in [1.82, 2.24) is 15.2 Å². The highest BCUT2D eigenvalue weighted by Crippen LogP contribution is 2.33. The van der Waals surface area contributed by atoms with Gasteiger partial charge in [0.2, 0.25) is 5.91 Å². The molecule has 27 heavy (non-hydrogen) atoms. The molecule has 0 spiro atoms. The van der Waals surface area contributed by atoms with Gasteiger partial charge in [0.25, 0.3) is 0 Å². The lowest BCUT2D eigenvalue weighted by Crippen LogP contribution is -2.41. The molecule has 1 aromatic heterocycles. The molecule has 1 aliphatic rings. The van der Waals surface area contributed by atoms with Crippen molar-refractivity contribution in [2.24, 2.45) is 5.92 Å². The molecule has 0 radical (unpaired) electrons. The van der Waals surface area contributed by atoms with Crippen LogP contribution >= 0.6 is 11.3 Å². The van der Waals surface area contributed by atoms with Gasteiger partial charge in [-0.05, 0) is 50.6 Å². The molecule has 7 heteroatoms. The number of piperidine rings is 1. The molecule has 0 aliphatic carbocycles. The molecule has 1 amide bonds. The van der Waals surface area contributed by atoms with E-state index in [0.29, 0.717) is 23.8 Å². The zero-order valence-corrected chi connectivity index (χ0v) is 17.0. The highest BCUT2D eigenvalue weighted by atomic mass is 32.1. The van der Waals surface area contributed by atoms with Gasteiger partial charge in [0, 0.05) is 24.0 Å². The van der Waals surface area contributed by atoms with E-state index in [1.165, 1.54) is 0 Å². The van der Waals surface area contributed by atoms with Gasteiger partial charge in [0.1, 0.15) is 5.01 Å². The van der Waals surface area contributed by atoms with Crippen LogP contribution in [0.1, 0.15) is 18.5 Å². The molecule has 3 rings (SSSR count). The second-order valence-corrected chi connectivity index (χ2v) is 7.63. The molecular formula is C20H27N3O3S. The fraction of sp³-hybridized carbons (Fsp3) is 0.500.